The topological polar surface area (TPSA) is 80.5 Å². The smallest absolute Gasteiger partial charge is 0.321 e. The Kier molecular flexibility index (Phi) is 5.41. The number of benzene rings is 2. The third-order valence-corrected chi connectivity index (χ3v) is 5.00. The first kappa shape index (κ1) is 18.9. The van der Waals surface area contributed by atoms with E-state index in [-0.39, 0.29) is 17.8 Å². The van der Waals surface area contributed by atoms with Crippen molar-refractivity contribution in [1.82, 2.24) is 15.0 Å². The Bertz CT molecular complexity index is 982. The van der Waals surface area contributed by atoms with Crippen LogP contribution in [0.4, 0.5) is 14.9 Å². The number of rotatable bonds is 4. The zero-order valence-electron chi connectivity index (χ0n) is 16.0. The number of carbonyl (C=O) groups is 1. The first-order valence-corrected chi connectivity index (χ1v) is 9.42. The lowest BCUT2D eigenvalue weighted by atomic mass is 9.97. The van der Waals surface area contributed by atoms with Gasteiger partial charge < -0.3 is 19.5 Å². The molecule has 3 aromatic rings. The highest BCUT2D eigenvalue weighted by molar-refractivity contribution is 5.89. The molecule has 0 spiro atoms. The van der Waals surface area contributed by atoms with E-state index < -0.39 is 0 Å². The van der Waals surface area contributed by atoms with Crippen LogP contribution >= 0.6 is 0 Å². The molecular weight excluding hydrogens is 375 g/mol. The molecule has 1 N–H and O–H groups in total. The van der Waals surface area contributed by atoms with Crippen LogP contribution in [0.1, 0.15) is 24.7 Å². The lowest BCUT2D eigenvalue weighted by molar-refractivity contribution is 0.187. The van der Waals surface area contributed by atoms with Crippen LogP contribution in [0.15, 0.2) is 53.1 Å². The van der Waals surface area contributed by atoms with E-state index in [1.807, 2.05) is 24.3 Å². The lowest BCUT2D eigenvalue weighted by Gasteiger charge is -2.30. The summed E-state index contributed by atoms with van der Waals surface area (Å²) in [5.74, 6) is 1.61. The van der Waals surface area contributed by atoms with E-state index in [9.17, 15) is 9.18 Å². The predicted octanol–water partition coefficient (Wildman–Crippen LogP) is 4.30. The molecule has 7 nitrogen and oxygen atoms in total. The molecule has 1 aliphatic rings. The largest absolute Gasteiger partial charge is 0.497 e. The molecule has 29 heavy (non-hydrogen) atoms. The fourth-order valence-electron chi connectivity index (χ4n) is 3.36. The standard InChI is InChI=1S/C21H21FN4O3/c1-28-18-7-5-14(6-8-18)19-24-20(29-25-19)15-9-11-26(12-10-15)21(27)23-17-4-2-3-16(22)13-17/h2-8,13,15H,9-12H2,1H3,(H,23,27). The summed E-state index contributed by atoms with van der Waals surface area (Å²) in [6.07, 6.45) is 1.45. The van der Waals surface area contributed by atoms with Crippen LogP contribution in [0.2, 0.25) is 0 Å². The summed E-state index contributed by atoms with van der Waals surface area (Å²) in [4.78, 5) is 18.6. The molecule has 0 saturated carbocycles. The van der Waals surface area contributed by atoms with Gasteiger partial charge in [0.05, 0.1) is 7.11 Å². The SMILES string of the molecule is COc1ccc(-c2noc(C3CCN(C(=O)Nc4cccc(F)c4)CC3)n2)cc1. The summed E-state index contributed by atoms with van der Waals surface area (Å²) in [6.45, 7) is 1.12. The maximum atomic E-state index is 13.3. The van der Waals surface area contributed by atoms with Crippen LogP contribution in [0, 0.1) is 5.82 Å². The van der Waals surface area contributed by atoms with Gasteiger partial charge in [0.25, 0.3) is 0 Å². The van der Waals surface area contributed by atoms with E-state index in [0.29, 0.717) is 30.5 Å². The highest BCUT2D eigenvalue weighted by atomic mass is 19.1. The molecule has 1 saturated heterocycles. The molecule has 0 aliphatic carbocycles. The Labute approximate surface area is 167 Å². The number of likely N-dealkylation sites (tertiary alicyclic amines) is 1. The highest BCUT2D eigenvalue weighted by Crippen LogP contribution is 2.29. The van der Waals surface area contributed by atoms with Gasteiger partial charge in [0.15, 0.2) is 0 Å². The van der Waals surface area contributed by atoms with E-state index >= 15 is 0 Å². The van der Waals surface area contributed by atoms with Crippen LogP contribution in [0.5, 0.6) is 5.75 Å². The Morgan fingerprint density at radius 3 is 2.66 bits per heavy atom. The van der Waals surface area contributed by atoms with Gasteiger partial charge in [-0.2, -0.15) is 4.98 Å². The molecule has 1 aliphatic heterocycles. The van der Waals surface area contributed by atoms with E-state index in [2.05, 4.69) is 15.5 Å². The van der Waals surface area contributed by atoms with Crippen molar-refractivity contribution in [2.45, 2.75) is 18.8 Å². The van der Waals surface area contributed by atoms with Gasteiger partial charge in [-0.3, -0.25) is 0 Å². The van der Waals surface area contributed by atoms with Crippen molar-refractivity contribution in [2.24, 2.45) is 0 Å². The second kappa shape index (κ2) is 8.30. The molecule has 2 amide bonds. The minimum absolute atomic E-state index is 0.104. The number of urea groups is 1. The fraction of sp³-hybridized carbons (Fsp3) is 0.286. The molecule has 0 radical (unpaired) electrons. The fourth-order valence-corrected chi connectivity index (χ4v) is 3.36. The van der Waals surface area contributed by atoms with Gasteiger partial charge >= 0.3 is 6.03 Å². The summed E-state index contributed by atoms with van der Waals surface area (Å²) in [5.41, 5.74) is 1.30. The zero-order valence-corrected chi connectivity index (χ0v) is 16.0. The Hall–Kier alpha value is -3.42. The minimum Gasteiger partial charge on any atom is -0.497 e. The van der Waals surface area contributed by atoms with Crippen molar-refractivity contribution >= 4 is 11.7 Å². The van der Waals surface area contributed by atoms with E-state index in [1.54, 1.807) is 24.1 Å². The molecule has 150 valence electrons. The number of ether oxygens (including phenoxy) is 1. The molecule has 8 heteroatoms. The average Bonchev–Trinajstić information content (AvgIpc) is 3.24. The third kappa shape index (κ3) is 4.37. The third-order valence-electron chi connectivity index (χ3n) is 5.00. The summed E-state index contributed by atoms with van der Waals surface area (Å²) in [7, 11) is 1.62. The number of halogens is 1. The molecule has 1 aromatic heterocycles. The number of nitrogens with zero attached hydrogens (tertiary/aromatic N) is 3. The van der Waals surface area contributed by atoms with Crippen molar-refractivity contribution in [3.05, 3.63) is 60.2 Å². The monoisotopic (exact) mass is 396 g/mol. The normalized spacial score (nSPS) is 14.6. The molecule has 1 fully saturated rings. The number of piperidine rings is 1. The summed E-state index contributed by atoms with van der Waals surface area (Å²) in [5, 5.41) is 6.81. The maximum absolute atomic E-state index is 13.3. The van der Waals surface area contributed by atoms with E-state index in [0.717, 1.165) is 24.2 Å². The minimum atomic E-state index is -0.384. The molecule has 0 atom stereocenters. The molecule has 2 aromatic carbocycles. The van der Waals surface area contributed by atoms with Gasteiger partial charge in [0.2, 0.25) is 11.7 Å². The first-order valence-electron chi connectivity index (χ1n) is 9.42. The van der Waals surface area contributed by atoms with Crippen LogP contribution in [-0.4, -0.2) is 41.3 Å². The summed E-state index contributed by atoms with van der Waals surface area (Å²) >= 11 is 0. The van der Waals surface area contributed by atoms with Crippen LogP contribution in [-0.2, 0) is 0 Å². The van der Waals surface area contributed by atoms with Crippen molar-refractivity contribution in [3.8, 4) is 17.1 Å². The number of amides is 2. The second-order valence-corrected chi connectivity index (χ2v) is 6.89. The Morgan fingerprint density at radius 1 is 1.21 bits per heavy atom. The van der Waals surface area contributed by atoms with Gasteiger partial charge in [0.1, 0.15) is 11.6 Å². The van der Waals surface area contributed by atoms with Gasteiger partial charge in [-0.25, -0.2) is 9.18 Å². The van der Waals surface area contributed by atoms with Crippen molar-refractivity contribution in [1.29, 1.82) is 0 Å². The van der Waals surface area contributed by atoms with Crippen molar-refractivity contribution in [3.63, 3.8) is 0 Å². The van der Waals surface area contributed by atoms with Crippen molar-refractivity contribution < 1.29 is 18.4 Å². The number of nitrogens with one attached hydrogen (secondary N) is 1. The second-order valence-electron chi connectivity index (χ2n) is 6.89. The summed E-state index contributed by atoms with van der Waals surface area (Å²) < 4.78 is 23.9. The number of anilines is 1. The van der Waals surface area contributed by atoms with Gasteiger partial charge in [0, 0.05) is 30.3 Å². The van der Waals surface area contributed by atoms with Crippen molar-refractivity contribution in [2.75, 3.05) is 25.5 Å². The van der Waals surface area contributed by atoms with Crippen LogP contribution in [0.3, 0.4) is 0 Å². The predicted molar refractivity (Wildman–Crippen MR) is 105 cm³/mol. The number of carbonyl (C=O) groups excluding carboxylic acids is 1. The maximum Gasteiger partial charge on any atom is 0.321 e. The lowest BCUT2D eigenvalue weighted by Crippen LogP contribution is -2.40. The molecule has 2 heterocycles. The summed E-state index contributed by atoms with van der Waals surface area (Å²) in [6, 6.07) is 13.1. The first-order chi connectivity index (χ1) is 14.1. The zero-order chi connectivity index (χ0) is 20.2. The van der Waals surface area contributed by atoms with E-state index in [1.165, 1.54) is 12.1 Å². The molecule has 0 bridgehead atoms. The Morgan fingerprint density at radius 2 is 1.97 bits per heavy atom. The number of aromatic nitrogens is 2. The molecule has 4 rings (SSSR count). The number of hydrogen-bond acceptors (Lipinski definition) is 5. The highest BCUT2D eigenvalue weighted by Gasteiger charge is 2.27. The molecular formula is C21H21FN4O3. The number of hydrogen-bond donors (Lipinski definition) is 1. The quantitative estimate of drug-likeness (QED) is 0.711. The Balaban J connectivity index is 1.34. The van der Waals surface area contributed by atoms with Gasteiger partial charge in [-0.1, -0.05) is 11.2 Å². The average molecular weight is 396 g/mol. The van der Waals surface area contributed by atoms with Gasteiger partial charge in [-0.05, 0) is 55.3 Å². The van der Waals surface area contributed by atoms with Crippen LogP contribution in [0.25, 0.3) is 11.4 Å². The molecule has 0 unspecified atom stereocenters. The van der Waals surface area contributed by atoms with Crippen LogP contribution < -0.4 is 10.1 Å². The van der Waals surface area contributed by atoms with Gasteiger partial charge in [-0.15, -0.1) is 0 Å². The number of methoxy groups -OCH3 is 1. The van der Waals surface area contributed by atoms with E-state index in [4.69, 9.17) is 9.26 Å².